The maximum atomic E-state index is 11.1. The molecule has 2 aromatic rings. The van der Waals surface area contributed by atoms with Crippen LogP contribution in [0.4, 0.5) is 0 Å². The second-order valence-corrected chi connectivity index (χ2v) is 7.62. The number of benzene rings is 1. The van der Waals surface area contributed by atoms with E-state index < -0.39 is 5.97 Å². The number of fused-ring (bicyclic) bond motifs is 1. The number of pyridine rings is 1. The minimum Gasteiger partial charge on any atom is -0.478 e. The number of aromatic carboxylic acids is 1. The Morgan fingerprint density at radius 1 is 1.07 bits per heavy atom. The number of aryl methyl sites for hydroxylation is 1. The molecule has 144 valence electrons. The van der Waals surface area contributed by atoms with Crippen LogP contribution in [0.5, 0.6) is 0 Å². The fraction of sp³-hybridized carbons (Fsp3) is 0.348. The lowest BCUT2D eigenvalue weighted by Crippen LogP contribution is -2.30. The van der Waals surface area contributed by atoms with Crippen molar-refractivity contribution in [1.82, 2.24) is 10.4 Å². The first-order valence-corrected chi connectivity index (χ1v) is 9.97. The summed E-state index contributed by atoms with van der Waals surface area (Å²) in [5.41, 5.74) is 10.1. The van der Waals surface area contributed by atoms with Gasteiger partial charge in [-0.1, -0.05) is 49.1 Å². The molecule has 28 heavy (non-hydrogen) atoms. The van der Waals surface area contributed by atoms with E-state index in [4.69, 9.17) is 10.2 Å². The smallest absolute Gasteiger partial charge is 0.337 e. The first-order valence-electron chi connectivity index (χ1n) is 9.97. The standard InChI is InChI=1S/C23H25N3O2/c1-15-8-10-16(11-9-15)21-18-6-4-2-3-5-7-19(18)22(26-25-21)20-13-12-17(14-24-20)23(27)28/h8-14,19,25H,2-7H2,1H3,(H,27,28). The molecule has 5 nitrogen and oxygen atoms in total. The summed E-state index contributed by atoms with van der Waals surface area (Å²) in [6.07, 6.45) is 8.37. The fourth-order valence-electron chi connectivity index (χ4n) is 4.11. The molecule has 0 saturated heterocycles. The predicted molar refractivity (Wildman–Crippen MR) is 110 cm³/mol. The molecule has 1 aromatic heterocycles. The van der Waals surface area contributed by atoms with E-state index in [2.05, 4.69) is 41.6 Å². The Balaban J connectivity index is 1.72. The van der Waals surface area contributed by atoms with Crippen LogP contribution >= 0.6 is 0 Å². The summed E-state index contributed by atoms with van der Waals surface area (Å²) in [5, 5.41) is 13.8. The van der Waals surface area contributed by atoms with Crippen LogP contribution in [0.15, 0.2) is 53.3 Å². The van der Waals surface area contributed by atoms with E-state index >= 15 is 0 Å². The zero-order valence-electron chi connectivity index (χ0n) is 16.1. The molecule has 2 aliphatic rings. The number of aromatic nitrogens is 1. The van der Waals surface area contributed by atoms with Gasteiger partial charge in [0.1, 0.15) is 0 Å². The molecule has 1 aliphatic carbocycles. The van der Waals surface area contributed by atoms with Gasteiger partial charge in [-0.25, -0.2) is 4.79 Å². The van der Waals surface area contributed by atoms with Gasteiger partial charge < -0.3 is 5.11 Å². The highest BCUT2D eigenvalue weighted by atomic mass is 16.4. The topological polar surface area (TPSA) is 74.6 Å². The van der Waals surface area contributed by atoms with Crippen molar-refractivity contribution in [2.24, 2.45) is 11.0 Å². The molecule has 0 bridgehead atoms. The second-order valence-electron chi connectivity index (χ2n) is 7.62. The second kappa shape index (κ2) is 7.97. The van der Waals surface area contributed by atoms with Crippen molar-refractivity contribution in [2.45, 2.75) is 45.4 Å². The first kappa shape index (κ1) is 18.4. The highest BCUT2D eigenvalue weighted by molar-refractivity contribution is 6.05. The Kier molecular flexibility index (Phi) is 5.24. The molecule has 1 aliphatic heterocycles. The van der Waals surface area contributed by atoms with Crippen LogP contribution < -0.4 is 5.43 Å². The first-order chi connectivity index (χ1) is 13.6. The number of nitrogens with one attached hydrogen (secondary N) is 1. The molecule has 1 fully saturated rings. The summed E-state index contributed by atoms with van der Waals surface area (Å²) in [5.74, 6) is -0.739. The summed E-state index contributed by atoms with van der Waals surface area (Å²) in [6.45, 7) is 2.09. The Morgan fingerprint density at radius 3 is 2.57 bits per heavy atom. The highest BCUT2D eigenvalue weighted by Gasteiger charge is 2.30. The predicted octanol–water partition coefficient (Wildman–Crippen LogP) is 4.78. The minimum atomic E-state index is -0.962. The van der Waals surface area contributed by atoms with Crippen molar-refractivity contribution < 1.29 is 9.90 Å². The number of hydrogen-bond acceptors (Lipinski definition) is 4. The molecule has 0 radical (unpaired) electrons. The number of allylic oxidation sites excluding steroid dienone is 1. The van der Waals surface area contributed by atoms with Crippen LogP contribution in [0.2, 0.25) is 0 Å². The van der Waals surface area contributed by atoms with E-state index in [1.807, 2.05) is 0 Å². The Labute approximate surface area is 165 Å². The van der Waals surface area contributed by atoms with Crippen molar-refractivity contribution in [3.05, 3.63) is 70.6 Å². The van der Waals surface area contributed by atoms with Crippen LogP contribution in [-0.2, 0) is 0 Å². The Morgan fingerprint density at radius 2 is 1.86 bits per heavy atom. The van der Waals surface area contributed by atoms with E-state index in [1.165, 1.54) is 48.6 Å². The average molecular weight is 375 g/mol. The quantitative estimate of drug-likeness (QED) is 0.810. The maximum Gasteiger partial charge on any atom is 0.337 e. The van der Waals surface area contributed by atoms with Crippen LogP contribution in [0.1, 0.15) is 65.7 Å². The molecule has 5 heteroatoms. The van der Waals surface area contributed by atoms with Crippen molar-refractivity contribution in [3.8, 4) is 0 Å². The number of carboxylic acids is 1. The number of carboxylic acid groups (broad SMARTS) is 1. The van der Waals surface area contributed by atoms with Crippen molar-refractivity contribution >= 4 is 17.4 Å². The lowest BCUT2D eigenvalue weighted by molar-refractivity contribution is 0.0696. The molecule has 1 saturated carbocycles. The van der Waals surface area contributed by atoms with E-state index in [-0.39, 0.29) is 11.5 Å². The average Bonchev–Trinajstić information content (AvgIpc) is 2.68. The van der Waals surface area contributed by atoms with Gasteiger partial charge in [0.15, 0.2) is 0 Å². The summed E-state index contributed by atoms with van der Waals surface area (Å²) in [4.78, 5) is 15.5. The zero-order chi connectivity index (χ0) is 19.5. The number of hydrogen-bond donors (Lipinski definition) is 2. The van der Waals surface area contributed by atoms with Crippen molar-refractivity contribution in [2.75, 3.05) is 0 Å². The van der Waals surface area contributed by atoms with Gasteiger partial charge in [-0.15, -0.1) is 0 Å². The third kappa shape index (κ3) is 3.70. The molecule has 1 aromatic carbocycles. The lowest BCUT2D eigenvalue weighted by atomic mass is 9.79. The van der Waals surface area contributed by atoms with Crippen LogP contribution in [0, 0.1) is 12.8 Å². The third-order valence-corrected chi connectivity index (χ3v) is 5.66. The zero-order valence-corrected chi connectivity index (χ0v) is 16.1. The SMILES string of the molecule is Cc1ccc(C2=C3CCCCCCC3C(c3ccc(C(=O)O)cn3)=NN2)cc1. The fourth-order valence-corrected chi connectivity index (χ4v) is 4.11. The number of nitrogens with zero attached hydrogens (tertiary/aromatic N) is 2. The van der Waals surface area contributed by atoms with E-state index in [1.54, 1.807) is 12.1 Å². The Bertz CT molecular complexity index is 927. The van der Waals surface area contributed by atoms with Gasteiger partial charge in [-0.2, -0.15) is 5.10 Å². The van der Waals surface area contributed by atoms with Gasteiger partial charge in [0.05, 0.1) is 22.7 Å². The molecule has 2 N–H and O–H groups in total. The molecule has 0 spiro atoms. The van der Waals surface area contributed by atoms with Gasteiger partial charge in [0, 0.05) is 12.1 Å². The molecule has 1 unspecified atom stereocenters. The van der Waals surface area contributed by atoms with Crippen LogP contribution in [0.3, 0.4) is 0 Å². The van der Waals surface area contributed by atoms with Gasteiger partial charge in [-0.05, 0) is 49.5 Å². The van der Waals surface area contributed by atoms with Gasteiger partial charge >= 0.3 is 5.97 Å². The number of hydrazone groups is 1. The summed E-state index contributed by atoms with van der Waals surface area (Å²) < 4.78 is 0. The van der Waals surface area contributed by atoms with Gasteiger partial charge in [0.25, 0.3) is 0 Å². The van der Waals surface area contributed by atoms with E-state index in [0.29, 0.717) is 0 Å². The Hall–Kier alpha value is -2.95. The molecular weight excluding hydrogens is 350 g/mol. The van der Waals surface area contributed by atoms with Crippen LogP contribution in [0.25, 0.3) is 5.70 Å². The molecule has 1 atom stereocenters. The molecular formula is C23H25N3O2. The molecule has 4 rings (SSSR count). The lowest BCUT2D eigenvalue weighted by Gasteiger charge is -2.31. The maximum absolute atomic E-state index is 11.1. The third-order valence-electron chi connectivity index (χ3n) is 5.66. The van der Waals surface area contributed by atoms with Crippen molar-refractivity contribution in [3.63, 3.8) is 0 Å². The largest absolute Gasteiger partial charge is 0.478 e. The van der Waals surface area contributed by atoms with Gasteiger partial charge in [-0.3, -0.25) is 10.4 Å². The summed E-state index contributed by atoms with van der Waals surface area (Å²) in [6, 6.07) is 12.0. The summed E-state index contributed by atoms with van der Waals surface area (Å²) in [7, 11) is 0. The van der Waals surface area contributed by atoms with E-state index in [9.17, 15) is 4.79 Å². The minimum absolute atomic E-state index is 0.196. The summed E-state index contributed by atoms with van der Waals surface area (Å²) >= 11 is 0. The molecule has 2 heterocycles. The monoisotopic (exact) mass is 375 g/mol. The van der Waals surface area contributed by atoms with Crippen molar-refractivity contribution in [1.29, 1.82) is 0 Å². The highest BCUT2D eigenvalue weighted by Crippen LogP contribution is 2.37. The van der Waals surface area contributed by atoms with E-state index in [0.717, 1.165) is 29.9 Å². The van der Waals surface area contributed by atoms with Crippen LogP contribution in [-0.4, -0.2) is 21.8 Å². The van der Waals surface area contributed by atoms with Gasteiger partial charge in [0.2, 0.25) is 0 Å². The number of rotatable bonds is 3. The normalized spacial score (nSPS) is 19.8. The molecule has 0 amide bonds. The number of carbonyl (C=O) groups is 1.